The molecule has 1 aliphatic carbocycles. The third kappa shape index (κ3) is 1.66. The summed E-state index contributed by atoms with van der Waals surface area (Å²) in [6.07, 6.45) is 6.64. The summed E-state index contributed by atoms with van der Waals surface area (Å²) in [4.78, 5) is 0. The average Bonchev–Trinajstić information content (AvgIpc) is 2.52. The summed E-state index contributed by atoms with van der Waals surface area (Å²) in [5.74, 6) is 0. The van der Waals surface area contributed by atoms with Crippen LogP contribution in [0.25, 0.3) is 0 Å². The van der Waals surface area contributed by atoms with Crippen LogP contribution in [0.1, 0.15) is 37.5 Å². The van der Waals surface area contributed by atoms with Crippen LogP contribution in [-0.2, 0) is 0 Å². The Kier molecular flexibility index (Phi) is 2.78. The Morgan fingerprint density at radius 3 is 2.86 bits per heavy atom. The normalized spacial score (nSPS) is 28.5. The minimum Gasteiger partial charge on any atom is -0.323 e. The van der Waals surface area contributed by atoms with Gasteiger partial charge in [-0.1, -0.05) is 5.21 Å². The Morgan fingerprint density at radius 2 is 2.43 bits per heavy atom. The molecule has 4 nitrogen and oxygen atoms in total. The van der Waals surface area contributed by atoms with Gasteiger partial charge in [-0.25, -0.2) is 4.68 Å². The SMILES string of the molecule is CSC1CCC1n1cc(C(C)N)nn1. The van der Waals surface area contributed by atoms with Crippen LogP contribution >= 0.6 is 11.8 Å². The Morgan fingerprint density at radius 1 is 1.64 bits per heavy atom. The standard InChI is InChI=1S/C9H16N4S/c1-6(10)7-5-13(12-11-7)8-3-4-9(8)14-2/h5-6,8-9H,3-4,10H2,1-2H3. The van der Waals surface area contributed by atoms with Crippen molar-refractivity contribution < 1.29 is 0 Å². The van der Waals surface area contributed by atoms with Gasteiger partial charge >= 0.3 is 0 Å². The van der Waals surface area contributed by atoms with Gasteiger partial charge in [-0.2, -0.15) is 11.8 Å². The lowest BCUT2D eigenvalue weighted by Gasteiger charge is -2.34. The lowest BCUT2D eigenvalue weighted by molar-refractivity contribution is 0.297. The van der Waals surface area contributed by atoms with Crippen LogP contribution in [0.5, 0.6) is 0 Å². The van der Waals surface area contributed by atoms with Crippen molar-refractivity contribution in [2.75, 3.05) is 6.26 Å². The van der Waals surface area contributed by atoms with Gasteiger partial charge in [-0.15, -0.1) is 5.10 Å². The fraction of sp³-hybridized carbons (Fsp3) is 0.778. The third-order valence-electron chi connectivity index (χ3n) is 2.81. The fourth-order valence-corrected chi connectivity index (χ4v) is 2.64. The highest BCUT2D eigenvalue weighted by molar-refractivity contribution is 7.99. The van der Waals surface area contributed by atoms with Crippen molar-refractivity contribution in [3.8, 4) is 0 Å². The van der Waals surface area contributed by atoms with Gasteiger partial charge in [-0.3, -0.25) is 0 Å². The molecule has 14 heavy (non-hydrogen) atoms. The molecule has 1 heterocycles. The quantitative estimate of drug-likeness (QED) is 0.822. The molecule has 1 saturated carbocycles. The second kappa shape index (κ2) is 3.90. The summed E-state index contributed by atoms with van der Waals surface area (Å²) in [5.41, 5.74) is 6.62. The lowest BCUT2D eigenvalue weighted by Crippen LogP contribution is -2.31. The fourth-order valence-electron chi connectivity index (χ4n) is 1.69. The number of hydrogen-bond acceptors (Lipinski definition) is 4. The van der Waals surface area contributed by atoms with Gasteiger partial charge in [0.05, 0.1) is 17.9 Å². The largest absolute Gasteiger partial charge is 0.323 e. The predicted octanol–water partition coefficient (Wildman–Crippen LogP) is 1.36. The highest BCUT2D eigenvalue weighted by Gasteiger charge is 2.32. The van der Waals surface area contributed by atoms with E-state index in [4.69, 9.17) is 5.73 Å². The van der Waals surface area contributed by atoms with E-state index in [0.717, 1.165) is 5.69 Å². The van der Waals surface area contributed by atoms with Gasteiger partial charge in [0.25, 0.3) is 0 Å². The molecule has 1 aromatic rings. The van der Waals surface area contributed by atoms with Crippen molar-refractivity contribution in [3.05, 3.63) is 11.9 Å². The Hall–Kier alpha value is -0.550. The number of hydrogen-bond donors (Lipinski definition) is 1. The van der Waals surface area contributed by atoms with Crippen LogP contribution in [0.4, 0.5) is 0 Å². The summed E-state index contributed by atoms with van der Waals surface area (Å²) in [5, 5.41) is 8.90. The predicted molar refractivity (Wildman–Crippen MR) is 58.2 cm³/mol. The van der Waals surface area contributed by atoms with Gasteiger partial charge < -0.3 is 5.73 Å². The van der Waals surface area contributed by atoms with E-state index < -0.39 is 0 Å². The molecule has 0 saturated heterocycles. The first kappa shape index (κ1) is 9.98. The molecule has 2 N–H and O–H groups in total. The second-order valence-electron chi connectivity index (χ2n) is 3.83. The summed E-state index contributed by atoms with van der Waals surface area (Å²) in [6.45, 7) is 1.93. The Bertz CT molecular complexity index is 308. The van der Waals surface area contributed by atoms with Crippen LogP contribution in [-0.4, -0.2) is 26.5 Å². The molecule has 5 heteroatoms. The van der Waals surface area contributed by atoms with E-state index in [1.807, 2.05) is 29.6 Å². The molecule has 0 bridgehead atoms. The highest BCUT2D eigenvalue weighted by Crippen LogP contribution is 2.39. The number of nitrogens with two attached hydrogens (primary N) is 1. The zero-order chi connectivity index (χ0) is 10.1. The first-order chi connectivity index (χ1) is 6.72. The minimum absolute atomic E-state index is 0.0171. The van der Waals surface area contributed by atoms with Crippen molar-refractivity contribution in [1.82, 2.24) is 15.0 Å². The molecule has 0 radical (unpaired) electrons. The summed E-state index contributed by atoms with van der Waals surface area (Å²) < 4.78 is 1.98. The van der Waals surface area contributed by atoms with Crippen LogP contribution in [0.2, 0.25) is 0 Å². The van der Waals surface area contributed by atoms with Gasteiger partial charge in [0, 0.05) is 11.3 Å². The molecule has 1 aliphatic rings. The van der Waals surface area contributed by atoms with Crippen LogP contribution in [0.15, 0.2) is 6.20 Å². The molecule has 1 fully saturated rings. The lowest BCUT2D eigenvalue weighted by atomic mass is 9.92. The smallest absolute Gasteiger partial charge is 0.0991 e. The first-order valence-electron chi connectivity index (χ1n) is 4.92. The van der Waals surface area contributed by atoms with Crippen molar-refractivity contribution in [3.63, 3.8) is 0 Å². The van der Waals surface area contributed by atoms with Crippen molar-refractivity contribution in [2.24, 2.45) is 5.73 Å². The average molecular weight is 212 g/mol. The van der Waals surface area contributed by atoms with E-state index in [-0.39, 0.29) is 6.04 Å². The molecule has 0 amide bonds. The van der Waals surface area contributed by atoms with Crippen LogP contribution in [0, 0.1) is 0 Å². The van der Waals surface area contributed by atoms with E-state index >= 15 is 0 Å². The molecule has 3 atom stereocenters. The molecule has 0 spiro atoms. The van der Waals surface area contributed by atoms with Gasteiger partial charge in [0.2, 0.25) is 0 Å². The Labute approximate surface area is 88.2 Å². The summed E-state index contributed by atoms with van der Waals surface area (Å²) >= 11 is 1.91. The zero-order valence-corrected chi connectivity index (χ0v) is 9.37. The van der Waals surface area contributed by atoms with E-state index in [9.17, 15) is 0 Å². The number of rotatable bonds is 3. The van der Waals surface area contributed by atoms with Gasteiger partial charge in [0.15, 0.2) is 0 Å². The van der Waals surface area contributed by atoms with Crippen molar-refractivity contribution in [1.29, 1.82) is 0 Å². The van der Waals surface area contributed by atoms with E-state index in [1.54, 1.807) is 0 Å². The monoisotopic (exact) mass is 212 g/mol. The summed E-state index contributed by atoms with van der Waals surface area (Å²) in [7, 11) is 0. The first-order valence-corrected chi connectivity index (χ1v) is 6.21. The molecule has 0 aliphatic heterocycles. The maximum atomic E-state index is 5.73. The molecular formula is C9H16N4S. The molecule has 78 valence electrons. The maximum absolute atomic E-state index is 5.73. The molecule has 0 aromatic carbocycles. The molecule has 1 aromatic heterocycles. The number of thioether (sulfide) groups is 1. The summed E-state index contributed by atoms with van der Waals surface area (Å²) in [6, 6.07) is 0.515. The van der Waals surface area contributed by atoms with E-state index in [2.05, 4.69) is 16.6 Å². The van der Waals surface area contributed by atoms with Gasteiger partial charge in [-0.05, 0) is 26.0 Å². The van der Waals surface area contributed by atoms with Crippen molar-refractivity contribution >= 4 is 11.8 Å². The maximum Gasteiger partial charge on any atom is 0.0991 e. The second-order valence-corrected chi connectivity index (χ2v) is 4.91. The zero-order valence-electron chi connectivity index (χ0n) is 8.55. The third-order valence-corrected chi connectivity index (χ3v) is 3.97. The molecule has 3 unspecified atom stereocenters. The molecular weight excluding hydrogens is 196 g/mol. The van der Waals surface area contributed by atoms with E-state index in [0.29, 0.717) is 11.3 Å². The van der Waals surface area contributed by atoms with Crippen LogP contribution < -0.4 is 5.73 Å². The van der Waals surface area contributed by atoms with E-state index in [1.165, 1.54) is 12.8 Å². The minimum atomic E-state index is -0.0171. The highest BCUT2D eigenvalue weighted by atomic mass is 32.2. The van der Waals surface area contributed by atoms with Crippen LogP contribution in [0.3, 0.4) is 0 Å². The number of aromatic nitrogens is 3. The van der Waals surface area contributed by atoms with Crippen molar-refractivity contribution in [2.45, 2.75) is 37.1 Å². The number of nitrogens with zero attached hydrogens (tertiary/aromatic N) is 3. The Balaban J connectivity index is 2.09. The topological polar surface area (TPSA) is 56.7 Å². The van der Waals surface area contributed by atoms with Gasteiger partial charge in [0.1, 0.15) is 0 Å². The molecule has 2 rings (SSSR count).